The lowest BCUT2D eigenvalue weighted by molar-refractivity contribution is 0.300. The third-order valence-corrected chi connectivity index (χ3v) is 2.68. The molecule has 0 aromatic carbocycles. The second-order valence-electron chi connectivity index (χ2n) is 3.83. The van der Waals surface area contributed by atoms with E-state index in [1.807, 2.05) is 20.8 Å². The topological polar surface area (TPSA) is 84.6 Å². The van der Waals surface area contributed by atoms with E-state index in [0.29, 0.717) is 13.1 Å². The zero-order valence-corrected chi connectivity index (χ0v) is 9.69. The molecule has 0 amide bonds. The highest BCUT2D eigenvalue weighted by Gasteiger charge is 2.30. The standard InChI is InChI=1S/C10H19N5/c1-4-10(8-11,9(2)3)13-6-5-7-14-15-12/h9,13H,4-7H2,1-3H3. The van der Waals surface area contributed by atoms with E-state index in [1.54, 1.807) is 0 Å². The van der Waals surface area contributed by atoms with Gasteiger partial charge in [0, 0.05) is 11.5 Å². The molecular formula is C10H19N5. The van der Waals surface area contributed by atoms with Gasteiger partial charge in [0.1, 0.15) is 5.54 Å². The predicted molar refractivity (Wildman–Crippen MR) is 60.1 cm³/mol. The largest absolute Gasteiger partial charge is 0.299 e. The molecule has 0 spiro atoms. The summed E-state index contributed by atoms with van der Waals surface area (Å²) < 4.78 is 0. The first-order valence-electron chi connectivity index (χ1n) is 5.30. The van der Waals surface area contributed by atoms with Gasteiger partial charge in [-0.25, -0.2) is 0 Å². The third-order valence-electron chi connectivity index (χ3n) is 2.68. The van der Waals surface area contributed by atoms with Gasteiger partial charge in [-0.05, 0) is 30.8 Å². The normalized spacial score (nSPS) is 14.1. The van der Waals surface area contributed by atoms with Crippen LogP contribution in [0.2, 0.25) is 0 Å². The van der Waals surface area contributed by atoms with Crippen molar-refractivity contribution in [3.63, 3.8) is 0 Å². The molecule has 0 bridgehead atoms. The number of nitriles is 1. The lowest BCUT2D eigenvalue weighted by Crippen LogP contribution is -2.48. The highest BCUT2D eigenvalue weighted by Crippen LogP contribution is 2.19. The molecule has 0 aliphatic carbocycles. The second kappa shape index (κ2) is 7.10. The molecule has 0 saturated carbocycles. The summed E-state index contributed by atoms with van der Waals surface area (Å²) in [5.74, 6) is 0.270. The van der Waals surface area contributed by atoms with Gasteiger partial charge in [0.2, 0.25) is 0 Å². The molecule has 1 atom stereocenters. The molecule has 15 heavy (non-hydrogen) atoms. The fourth-order valence-corrected chi connectivity index (χ4v) is 1.49. The number of azide groups is 1. The molecule has 84 valence electrons. The highest BCUT2D eigenvalue weighted by atomic mass is 15.1. The SMILES string of the molecule is CCC(C#N)(NCCCN=[N+]=[N-])C(C)C. The first kappa shape index (κ1) is 13.8. The van der Waals surface area contributed by atoms with Crippen LogP contribution in [0.1, 0.15) is 33.6 Å². The summed E-state index contributed by atoms with van der Waals surface area (Å²) in [6.45, 7) is 7.26. The Balaban J connectivity index is 4.09. The van der Waals surface area contributed by atoms with Crippen LogP contribution in [0.15, 0.2) is 5.11 Å². The second-order valence-corrected chi connectivity index (χ2v) is 3.83. The molecule has 0 rings (SSSR count). The minimum atomic E-state index is -0.448. The summed E-state index contributed by atoms with van der Waals surface area (Å²) in [6.07, 6.45) is 1.54. The number of nitrogens with one attached hydrogen (secondary N) is 1. The Morgan fingerprint density at radius 1 is 1.60 bits per heavy atom. The van der Waals surface area contributed by atoms with Crippen LogP contribution in [-0.4, -0.2) is 18.6 Å². The minimum Gasteiger partial charge on any atom is -0.299 e. The maximum absolute atomic E-state index is 9.16. The summed E-state index contributed by atoms with van der Waals surface area (Å²) in [7, 11) is 0. The Morgan fingerprint density at radius 3 is 2.67 bits per heavy atom. The average Bonchev–Trinajstić information content (AvgIpc) is 2.23. The summed E-state index contributed by atoms with van der Waals surface area (Å²) in [4.78, 5) is 2.68. The number of rotatable bonds is 7. The van der Waals surface area contributed by atoms with E-state index in [4.69, 9.17) is 10.8 Å². The molecule has 0 aromatic rings. The van der Waals surface area contributed by atoms with Gasteiger partial charge >= 0.3 is 0 Å². The molecule has 1 unspecified atom stereocenters. The van der Waals surface area contributed by atoms with Crippen molar-refractivity contribution >= 4 is 0 Å². The smallest absolute Gasteiger partial charge is 0.108 e. The van der Waals surface area contributed by atoms with Gasteiger partial charge in [-0.3, -0.25) is 5.32 Å². The molecule has 5 nitrogen and oxygen atoms in total. The zero-order valence-electron chi connectivity index (χ0n) is 9.69. The van der Waals surface area contributed by atoms with E-state index < -0.39 is 5.54 Å². The number of hydrogen-bond acceptors (Lipinski definition) is 3. The highest BCUT2D eigenvalue weighted by molar-refractivity contribution is 5.08. The van der Waals surface area contributed by atoms with Crippen molar-refractivity contribution in [2.24, 2.45) is 11.0 Å². The van der Waals surface area contributed by atoms with Gasteiger partial charge in [-0.15, -0.1) is 0 Å². The minimum absolute atomic E-state index is 0.270. The number of hydrogen-bond donors (Lipinski definition) is 1. The summed E-state index contributed by atoms with van der Waals surface area (Å²) in [6, 6.07) is 2.34. The van der Waals surface area contributed by atoms with Crippen molar-refractivity contribution in [2.45, 2.75) is 39.2 Å². The molecular weight excluding hydrogens is 190 g/mol. The summed E-state index contributed by atoms with van der Waals surface area (Å²) in [5.41, 5.74) is 7.64. The first-order valence-corrected chi connectivity index (χ1v) is 5.30. The molecule has 0 saturated heterocycles. The molecule has 0 radical (unpaired) electrons. The van der Waals surface area contributed by atoms with Crippen molar-refractivity contribution in [3.8, 4) is 6.07 Å². The van der Waals surface area contributed by atoms with Gasteiger partial charge in [0.25, 0.3) is 0 Å². The lowest BCUT2D eigenvalue weighted by Gasteiger charge is -2.30. The molecule has 0 aromatic heterocycles. The fraction of sp³-hybridized carbons (Fsp3) is 0.900. The Labute approximate surface area is 91.1 Å². The van der Waals surface area contributed by atoms with Crippen molar-refractivity contribution in [1.82, 2.24) is 5.32 Å². The van der Waals surface area contributed by atoms with Gasteiger partial charge in [-0.2, -0.15) is 5.26 Å². The Bertz CT molecular complexity index is 261. The van der Waals surface area contributed by atoms with E-state index in [0.717, 1.165) is 12.8 Å². The quantitative estimate of drug-likeness (QED) is 0.302. The van der Waals surface area contributed by atoms with Crippen LogP contribution in [0.4, 0.5) is 0 Å². The van der Waals surface area contributed by atoms with Crippen LogP contribution in [0.25, 0.3) is 10.4 Å². The maximum Gasteiger partial charge on any atom is 0.108 e. The summed E-state index contributed by atoms with van der Waals surface area (Å²) in [5, 5.41) is 15.8. The van der Waals surface area contributed by atoms with Gasteiger partial charge in [0.05, 0.1) is 6.07 Å². The van der Waals surface area contributed by atoms with Crippen molar-refractivity contribution < 1.29 is 0 Å². The van der Waals surface area contributed by atoms with Crippen molar-refractivity contribution in [2.75, 3.05) is 13.1 Å². The van der Waals surface area contributed by atoms with Crippen LogP contribution in [0.3, 0.4) is 0 Å². The van der Waals surface area contributed by atoms with Crippen LogP contribution >= 0.6 is 0 Å². The third kappa shape index (κ3) is 4.20. The van der Waals surface area contributed by atoms with Crippen LogP contribution in [-0.2, 0) is 0 Å². The zero-order chi connectivity index (χ0) is 11.7. The monoisotopic (exact) mass is 209 g/mol. The molecule has 0 aliphatic rings. The average molecular weight is 209 g/mol. The van der Waals surface area contributed by atoms with Crippen molar-refractivity contribution in [1.29, 1.82) is 5.26 Å². The number of nitrogens with zero attached hydrogens (tertiary/aromatic N) is 4. The Kier molecular flexibility index (Phi) is 6.52. The van der Waals surface area contributed by atoms with E-state index in [9.17, 15) is 0 Å². The van der Waals surface area contributed by atoms with Crippen LogP contribution < -0.4 is 5.32 Å². The van der Waals surface area contributed by atoms with E-state index >= 15 is 0 Å². The molecule has 0 heterocycles. The van der Waals surface area contributed by atoms with E-state index in [1.165, 1.54) is 0 Å². The lowest BCUT2D eigenvalue weighted by atomic mass is 9.85. The first-order chi connectivity index (χ1) is 7.13. The van der Waals surface area contributed by atoms with Crippen molar-refractivity contribution in [3.05, 3.63) is 10.4 Å². The Morgan fingerprint density at radius 2 is 2.27 bits per heavy atom. The molecule has 0 fully saturated rings. The van der Waals surface area contributed by atoms with Crippen LogP contribution in [0.5, 0.6) is 0 Å². The predicted octanol–water partition coefficient (Wildman–Crippen LogP) is 2.60. The molecule has 1 N–H and O–H groups in total. The van der Waals surface area contributed by atoms with E-state index in [-0.39, 0.29) is 5.92 Å². The maximum atomic E-state index is 9.16. The molecule has 0 aliphatic heterocycles. The molecule has 5 heteroatoms. The van der Waals surface area contributed by atoms with Gasteiger partial charge in [0.15, 0.2) is 0 Å². The van der Waals surface area contributed by atoms with Crippen LogP contribution in [0, 0.1) is 17.2 Å². The fourth-order valence-electron chi connectivity index (χ4n) is 1.49. The van der Waals surface area contributed by atoms with Gasteiger partial charge in [-0.1, -0.05) is 25.9 Å². The van der Waals surface area contributed by atoms with E-state index in [2.05, 4.69) is 21.4 Å². The van der Waals surface area contributed by atoms with Gasteiger partial charge < -0.3 is 0 Å². The Hall–Kier alpha value is -1.24. The summed E-state index contributed by atoms with van der Waals surface area (Å²) >= 11 is 0.